The molecule has 9 heteroatoms. The molecular formula is C19H17ClN4O3S. The third-order valence-corrected chi connectivity index (χ3v) is 6.76. The molecule has 1 atom stereocenters. The first-order chi connectivity index (χ1) is 13.4. The van der Waals surface area contributed by atoms with Gasteiger partial charge < -0.3 is 5.32 Å². The van der Waals surface area contributed by atoms with Crippen LogP contribution in [-0.2, 0) is 16.4 Å². The molecule has 0 aliphatic carbocycles. The fourth-order valence-electron chi connectivity index (χ4n) is 3.17. The highest BCUT2D eigenvalue weighted by Gasteiger charge is 2.39. The molecule has 1 aliphatic rings. The zero-order chi connectivity index (χ0) is 19.9. The molecule has 0 fully saturated rings. The topological polar surface area (TPSA) is 104 Å². The number of carbonyl (C=O) groups is 1. The minimum absolute atomic E-state index is 0.196. The molecule has 3 aromatic rings. The predicted molar refractivity (Wildman–Crippen MR) is 106 cm³/mol. The van der Waals surface area contributed by atoms with Gasteiger partial charge in [0.2, 0.25) is 0 Å². The van der Waals surface area contributed by atoms with Gasteiger partial charge in [-0.15, -0.1) is 0 Å². The molecule has 1 amide bonds. The number of nitrogens with zero attached hydrogens (tertiary/aromatic N) is 1. The normalized spacial score (nSPS) is 16.0. The van der Waals surface area contributed by atoms with E-state index in [1.165, 1.54) is 0 Å². The van der Waals surface area contributed by atoms with Crippen molar-refractivity contribution in [3.8, 4) is 0 Å². The average molecular weight is 417 g/mol. The van der Waals surface area contributed by atoms with Gasteiger partial charge in [0.1, 0.15) is 5.37 Å². The third kappa shape index (κ3) is 3.30. The van der Waals surface area contributed by atoms with Gasteiger partial charge in [-0.1, -0.05) is 23.7 Å². The summed E-state index contributed by atoms with van der Waals surface area (Å²) in [5, 5.41) is 12.1. The number of benzene rings is 2. The highest BCUT2D eigenvalue weighted by molar-refractivity contribution is 7.91. The fourth-order valence-corrected chi connectivity index (χ4v) is 5.05. The van der Waals surface area contributed by atoms with Crippen LogP contribution in [0, 0.1) is 6.92 Å². The maximum Gasteiger partial charge on any atom is 0.256 e. The molecule has 2 heterocycles. The van der Waals surface area contributed by atoms with Crippen LogP contribution in [0.15, 0.2) is 53.4 Å². The number of nitrogens with one attached hydrogen (secondary N) is 3. The Hall–Kier alpha value is -2.68. The number of aryl methyl sites for hydroxylation is 1. The summed E-state index contributed by atoms with van der Waals surface area (Å²) >= 11 is 5.85. The van der Waals surface area contributed by atoms with E-state index in [4.69, 9.17) is 11.6 Å². The summed E-state index contributed by atoms with van der Waals surface area (Å²) < 4.78 is 26.3. The Morgan fingerprint density at radius 2 is 1.96 bits per heavy atom. The van der Waals surface area contributed by atoms with E-state index in [0.29, 0.717) is 28.4 Å². The van der Waals surface area contributed by atoms with E-state index in [-0.39, 0.29) is 10.7 Å². The lowest BCUT2D eigenvalue weighted by Crippen LogP contribution is -2.24. The summed E-state index contributed by atoms with van der Waals surface area (Å²) in [6, 6.07) is 13.1. The van der Waals surface area contributed by atoms with Crippen LogP contribution in [0.1, 0.15) is 32.6 Å². The summed E-state index contributed by atoms with van der Waals surface area (Å²) in [4.78, 5) is 12.7. The van der Waals surface area contributed by atoms with Crippen molar-refractivity contribution in [3.05, 3.63) is 75.9 Å². The summed E-state index contributed by atoms with van der Waals surface area (Å²) in [6.07, 6.45) is 0. The quantitative estimate of drug-likeness (QED) is 0.605. The van der Waals surface area contributed by atoms with Crippen molar-refractivity contribution in [2.45, 2.75) is 23.7 Å². The van der Waals surface area contributed by atoms with Crippen molar-refractivity contribution in [1.29, 1.82) is 0 Å². The van der Waals surface area contributed by atoms with Crippen LogP contribution in [0.25, 0.3) is 0 Å². The van der Waals surface area contributed by atoms with Crippen molar-refractivity contribution >= 4 is 33.2 Å². The first-order valence-corrected chi connectivity index (χ1v) is 10.5. The lowest BCUT2D eigenvalue weighted by atomic mass is 10.2. The molecule has 0 spiro atoms. The van der Waals surface area contributed by atoms with Gasteiger partial charge in [0.15, 0.2) is 15.7 Å². The summed E-state index contributed by atoms with van der Waals surface area (Å²) in [5.41, 5.74) is 2.31. The van der Waals surface area contributed by atoms with Gasteiger partial charge in [-0.05, 0) is 48.9 Å². The lowest BCUT2D eigenvalue weighted by molar-refractivity contribution is 0.102. The van der Waals surface area contributed by atoms with Crippen LogP contribution in [0.3, 0.4) is 0 Å². The standard InChI is InChI=1S/C19H17ClN4O3S/c1-11-3-2-4-14(9-11)28(26,27)19-16-15(10-21-19)23-24-17(16)22-18(25)12-5-7-13(20)8-6-12/h2-9,19,21H,10H2,1H3,(H2,22,23,24,25). The van der Waals surface area contributed by atoms with Gasteiger partial charge in [-0.25, -0.2) is 8.42 Å². The van der Waals surface area contributed by atoms with Gasteiger partial charge in [-0.2, -0.15) is 5.10 Å². The van der Waals surface area contributed by atoms with Gasteiger partial charge >= 0.3 is 0 Å². The maximum atomic E-state index is 13.2. The van der Waals surface area contributed by atoms with Crippen molar-refractivity contribution in [1.82, 2.24) is 15.5 Å². The van der Waals surface area contributed by atoms with E-state index >= 15 is 0 Å². The Morgan fingerprint density at radius 3 is 2.68 bits per heavy atom. The highest BCUT2D eigenvalue weighted by atomic mass is 35.5. The second kappa shape index (κ2) is 7.05. The van der Waals surface area contributed by atoms with E-state index in [9.17, 15) is 13.2 Å². The van der Waals surface area contributed by atoms with E-state index in [0.717, 1.165) is 5.56 Å². The Labute approximate surface area is 167 Å². The number of sulfone groups is 1. The molecule has 0 saturated carbocycles. The Morgan fingerprint density at radius 1 is 1.21 bits per heavy atom. The van der Waals surface area contributed by atoms with Gasteiger partial charge in [-0.3, -0.25) is 15.2 Å². The minimum Gasteiger partial charge on any atom is -0.305 e. The largest absolute Gasteiger partial charge is 0.305 e. The number of halogens is 1. The maximum absolute atomic E-state index is 13.2. The molecule has 7 nitrogen and oxygen atoms in total. The first kappa shape index (κ1) is 18.7. The predicted octanol–water partition coefficient (Wildman–Crippen LogP) is 3.20. The van der Waals surface area contributed by atoms with E-state index in [2.05, 4.69) is 20.8 Å². The lowest BCUT2D eigenvalue weighted by Gasteiger charge is -2.15. The number of H-pyrrole nitrogens is 1. The van der Waals surface area contributed by atoms with E-state index < -0.39 is 21.1 Å². The molecule has 1 aliphatic heterocycles. The molecule has 1 aromatic heterocycles. The minimum atomic E-state index is -3.71. The molecule has 1 unspecified atom stereocenters. The van der Waals surface area contributed by atoms with E-state index in [1.807, 2.05) is 13.0 Å². The zero-order valence-electron chi connectivity index (χ0n) is 14.9. The Balaban J connectivity index is 1.66. The van der Waals surface area contributed by atoms with Crippen LogP contribution in [-0.4, -0.2) is 24.5 Å². The van der Waals surface area contributed by atoms with Crippen molar-refractivity contribution in [3.63, 3.8) is 0 Å². The fraction of sp³-hybridized carbons (Fsp3) is 0.158. The van der Waals surface area contributed by atoms with E-state index in [1.54, 1.807) is 42.5 Å². The summed E-state index contributed by atoms with van der Waals surface area (Å²) in [5.74, 6) is -0.203. The van der Waals surface area contributed by atoms with Crippen LogP contribution in [0.2, 0.25) is 5.02 Å². The second-order valence-electron chi connectivity index (χ2n) is 6.55. The number of rotatable bonds is 4. The summed E-state index contributed by atoms with van der Waals surface area (Å²) in [6.45, 7) is 2.15. The van der Waals surface area contributed by atoms with Gasteiger partial charge in [0.25, 0.3) is 5.91 Å². The molecule has 0 radical (unpaired) electrons. The van der Waals surface area contributed by atoms with Crippen molar-refractivity contribution in [2.24, 2.45) is 0 Å². The monoisotopic (exact) mass is 416 g/mol. The van der Waals surface area contributed by atoms with Crippen molar-refractivity contribution < 1.29 is 13.2 Å². The van der Waals surface area contributed by atoms with Gasteiger partial charge in [0, 0.05) is 17.1 Å². The number of carbonyl (C=O) groups excluding carboxylic acids is 1. The van der Waals surface area contributed by atoms with Crippen LogP contribution < -0.4 is 10.6 Å². The van der Waals surface area contributed by atoms with Crippen LogP contribution >= 0.6 is 11.6 Å². The number of hydrogen-bond acceptors (Lipinski definition) is 5. The molecule has 0 bridgehead atoms. The summed E-state index contributed by atoms with van der Waals surface area (Å²) in [7, 11) is -3.71. The Kier molecular flexibility index (Phi) is 4.70. The number of aromatic nitrogens is 2. The number of fused-ring (bicyclic) bond motifs is 1. The van der Waals surface area contributed by atoms with Crippen LogP contribution in [0.4, 0.5) is 5.82 Å². The van der Waals surface area contributed by atoms with Crippen molar-refractivity contribution in [2.75, 3.05) is 5.32 Å². The second-order valence-corrected chi connectivity index (χ2v) is 9.02. The van der Waals surface area contributed by atoms with Gasteiger partial charge in [0.05, 0.1) is 16.2 Å². The SMILES string of the molecule is Cc1cccc(S(=O)(=O)C2NCc3[nH]nc(NC(=O)c4ccc(Cl)cc4)c32)c1. The highest BCUT2D eigenvalue weighted by Crippen LogP contribution is 2.37. The average Bonchev–Trinajstić information content (AvgIpc) is 3.25. The first-order valence-electron chi connectivity index (χ1n) is 8.54. The number of amides is 1. The molecule has 0 saturated heterocycles. The molecule has 4 rings (SSSR count). The number of hydrogen-bond donors (Lipinski definition) is 3. The zero-order valence-corrected chi connectivity index (χ0v) is 16.4. The smallest absolute Gasteiger partial charge is 0.256 e. The molecule has 144 valence electrons. The third-order valence-electron chi connectivity index (χ3n) is 4.58. The number of aromatic amines is 1. The molecule has 3 N–H and O–H groups in total. The number of anilines is 1. The molecular weight excluding hydrogens is 400 g/mol. The van der Waals surface area contributed by atoms with Crippen LogP contribution in [0.5, 0.6) is 0 Å². The molecule has 2 aromatic carbocycles. The Bertz CT molecular complexity index is 1160. The molecule has 28 heavy (non-hydrogen) atoms.